The van der Waals surface area contributed by atoms with E-state index in [1.54, 1.807) is 7.11 Å². The molecule has 0 aliphatic carbocycles. The number of hydrogen-bond donors (Lipinski definition) is 1. The first-order valence-electron chi connectivity index (χ1n) is 5.98. The fourth-order valence-electron chi connectivity index (χ4n) is 2.13. The van der Waals surface area contributed by atoms with Crippen molar-refractivity contribution in [3.8, 4) is 5.75 Å². The van der Waals surface area contributed by atoms with E-state index < -0.39 is 0 Å². The van der Waals surface area contributed by atoms with Crippen LogP contribution in [0.4, 0.5) is 0 Å². The molecule has 1 unspecified atom stereocenters. The van der Waals surface area contributed by atoms with Crippen molar-refractivity contribution in [3.05, 3.63) is 59.4 Å². The monoisotopic (exact) mass is 242 g/mol. The van der Waals surface area contributed by atoms with E-state index in [1.165, 1.54) is 16.7 Å². The zero-order valence-electron chi connectivity index (χ0n) is 11.0. The van der Waals surface area contributed by atoms with Crippen molar-refractivity contribution < 1.29 is 4.74 Å². The first-order chi connectivity index (χ1) is 8.76. The highest BCUT2D eigenvalue weighted by Crippen LogP contribution is 2.26. The van der Waals surface area contributed by atoms with Gasteiger partial charge in [0.2, 0.25) is 0 Å². The zero-order valence-corrected chi connectivity index (χ0v) is 11.0. The number of aryl methyl sites for hydroxylation is 1. The molecule has 18 heavy (non-hydrogen) atoms. The number of ether oxygens (including phenoxy) is 1. The molecular weight excluding hydrogens is 224 g/mol. The molecule has 1 heterocycles. The van der Waals surface area contributed by atoms with Gasteiger partial charge in [-0.25, -0.2) is 0 Å². The zero-order chi connectivity index (χ0) is 13.0. The molecular formula is C15H18N2O. The van der Waals surface area contributed by atoms with Crippen LogP contribution in [0.5, 0.6) is 5.75 Å². The summed E-state index contributed by atoms with van der Waals surface area (Å²) in [6.45, 7) is 2.08. The summed E-state index contributed by atoms with van der Waals surface area (Å²) < 4.78 is 5.28. The molecule has 1 aromatic carbocycles. The number of pyridine rings is 1. The van der Waals surface area contributed by atoms with Crippen LogP contribution in [0.2, 0.25) is 0 Å². The van der Waals surface area contributed by atoms with Gasteiger partial charge in [-0.15, -0.1) is 0 Å². The Morgan fingerprint density at radius 3 is 2.78 bits per heavy atom. The van der Waals surface area contributed by atoms with Gasteiger partial charge in [0.15, 0.2) is 0 Å². The molecule has 0 spiro atoms. The summed E-state index contributed by atoms with van der Waals surface area (Å²) in [5.74, 6) is 0.874. The highest BCUT2D eigenvalue weighted by atomic mass is 16.5. The number of hydrogen-bond acceptors (Lipinski definition) is 3. The molecule has 2 rings (SSSR count). The van der Waals surface area contributed by atoms with Crippen molar-refractivity contribution in [1.82, 2.24) is 10.3 Å². The van der Waals surface area contributed by atoms with Gasteiger partial charge in [0.1, 0.15) is 5.75 Å². The van der Waals surface area contributed by atoms with Crippen molar-refractivity contribution in [3.63, 3.8) is 0 Å². The highest BCUT2D eigenvalue weighted by Gasteiger charge is 2.14. The Balaban J connectivity index is 2.42. The summed E-state index contributed by atoms with van der Waals surface area (Å²) in [5.41, 5.74) is 3.60. The van der Waals surface area contributed by atoms with E-state index in [9.17, 15) is 0 Å². The number of aromatic nitrogens is 1. The molecule has 2 aromatic rings. The highest BCUT2D eigenvalue weighted by molar-refractivity contribution is 5.38. The number of methoxy groups -OCH3 is 1. The third kappa shape index (κ3) is 2.51. The Labute approximate surface area is 108 Å². The van der Waals surface area contributed by atoms with E-state index in [0.29, 0.717) is 0 Å². The predicted molar refractivity (Wildman–Crippen MR) is 72.9 cm³/mol. The minimum Gasteiger partial charge on any atom is -0.497 e. The summed E-state index contributed by atoms with van der Waals surface area (Å²) in [6, 6.07) is 10.3. The van der Waals surface area contributed by atoms with Crippen molar-refractivity contribution in [2.75, 3.05) is 14.2 Å². The van der Waals surface area contributed by atoms with Crippen molar-refractivity contribution >= 4 is 0 Å². The van der Waals surface area contributed by atoms with Gasteiger partial charge in [0.05, 0.1) is 13.2 Å². The van der Waals surface area contributed by atoms with Crippen LogP contribution in [0, 0.1) is 6.92 Å². The van der Waals surface area contributed by atoms with Gasteiger partial charge in [-0.3, -0.25) is 4.98 Å². The molecule has 0 saturated heterocycles. The molecule has 0 saturated carbocycles. The topological polar surface area (TPSA) is 34.1 Å². The Bertz CT molecular complexity index is 525. The van der Waals surface area contributed by atoms with Gasteiger partial charge in [0.25, 0.3) is 0 Å². The normalized spacial score (nSPS) is 12.2. The maximum atomic E-state index is 5.28. The fourth-order valence-corrected chi connectivity index (χ4v) is 2.13. The van der Waals surface area contributed by atoms with E-state index >= 15 is 0 Å². The molecule has 3 heteroatoms. The Morgan fingerprint density at radius 1 is 1.28 bits per heavy atom. The van der Waals surface area contributed by atoms with Gasteiger partial charge in [-0.1, -0.05) is 12.1 Å². The van der Waals surface area contributed by atoms with Crippen LogP contribution in [0.3, 0.4) is 0 Å². The lowest BCUT2D eigenvalue weighted by Gasteiger charge is -2.19. The van der Waals surface area contributed by atoms with Crippen LogP contribution in [-0.2, 0) is 0 Å². The van der Waals surface area contributed by atoms with E-state index in [-0.39, 0.29) is 6.04 Å². The molecule has 1 N–H and O–H groups in total. The predicted octanol–water partition coefficient (Wildman–Crippen LogP) is 2.71. The summed E-state index contributed by atoms with van der Waals surface area (Å²) in [5, 5.41) is 3.34. The molecule has 0 bridgehead atoms. The van der Waals surface area contributed by atoms with Crippen molar-refractivity contribution in [2.45, 2.75) is 13.0 Å². The molecule has 0 aliphatic heterocycles. The van der Waals surface area contributed by atoms with Gasteiger partial charge < -0.3 is 10.1 Å². The molecule has 3 nitrogen and oxygen atoms in total. The Morgan fingerprint density at radius 2 is 2.11 bits per heavy atom. The van der Waals surface area contributed by atoms with Crippen LogP contribution >= 0.6 is 0 Å². The van der Waals surface area contributed by atoms with E-state index in [1.807, 2.05) is 31.6 Å². The third-order valence-corrected chi connectivity index (χ3v) is 3.09. The number of rotatable bonds is 4. The van der Waals surface area contributed by atoms with Gasteiger partial charge >= 0.3 is 0 Å². The molecule has 94 valence electrons. The molecule has 1 atom stereocenters. The largest absolute Gasteiger partial charge is 0.497 e. The quantitative estimate of drug-likeness (QED) is 0.895. The minimum absolute atomic E-state index is 0.156. The maximum absolute atomic E-state index is 5.28. The van der Waals surface area contributed by atoms with Gasteiger partial charge in [-0.2, -0.15) is 0 Å². The second-order valence-corrected chi connectivity index (χ2v) is 4.23. The number of nitrogens with zero attached hydrogens (tertiary/aromatic N) is 1. The van der Waals surface area contributed by atoms with E-state index in [2.05, 4.69) is 35.4 Å². The van der Waals surface area contributed by atoms with Crippen LogP contribution in [-0.4, -0.2) is 19.1 Å². The molecule has 0 aliphatic rings. The summed E-state index contributed by atoms with van der Waals surface area (Å²) in [4.78, 5) is 4.14. The lowest BCUT2D eigenvalue weighted by Crippen LogP contribution is -2.18. The van der Waals surface area contributed by atoms with Crippen LogP contribution in [0.15, 0.2) is 42.7 Å². The van der Waals surface area contributed by atoms with Gasteiger partial charge in [-0.05, 0) is 48.9 Å². The molecule has 0 amide bonds. The Kier molecular flexibility index (Phi) is 3.95. The lowest BCUT2D eigenvalue weighted by atomic mass is 9.96. The average molecular weight is 242 g/mol. The second kappa shape index (κ2) is 5.65. The summed E-state index contributed by atoms with van der Waals surface area (Å²) in [6.07, 6.45) is 3.71. The SMILES string of the molecule is CNC(c1cccc(OC)c1)c1ccncc1C. The average Bonchev–Trinajstić information content (AvgIpc) is 2.42. The number of nitrogens with one attached hydrogen (secondary N) is 1. The minimum atomic E-state index is 0.156. The maximum Gasteiger partial charge on any atom is 0.119 e. The molecule has 0 radical (unpaired) electrons. The lowest BCUT2D eigenvalue weighted by molar-refractivity contribution is 0.414. The third-order valence-electron chi connectivity index (χ3n) is 3.09. The van der Waals surface area contributed by atoms with Crippen LogP contribution in [0.1, 0.15) is 22.7 Å². The van der Waals surface area contributed by atoms with Crippen molar-refractivity contribution in [2.24, 2.45) is 0 Å². The summed E-state index contributed by atoms with van der Waals surface area (Å²) >= 11 is 0. The van der Waals surface area contributed by atoms with E-state index in [0.717, 1.165) is 5.75 Å². The molecule has 1 aromatic heterocycles. The fraction of sp³-hybridized carbons (Fsp3) is 0.267. The standard InChI is InChI=1S/C15H18N2O/c1-11-10-17-8-7-14(11)15(16-2)12-5-4-6-13(9-12)18-3/h4-10,15-16H,1-3H3. The first-order valence-corrected chi connectivity index (χ1v) is 5.98. The smallest absolute Gasteiger partial charge is 0.119 e. The van der Waals surface area contributed by atoms with Crippen LogP contribution in [0.25, 0.3) is 0 Å². The first kappa shape index (κ1) is 12.6. The van der Waals surface area contributed by atoms with E-state index in [4.69, 9.17) is 4.74 Å². The van der Waals surface area contributed by atoms with Crippen molar-refractivity contribution in [1.29, 1.82) is 0 Å². The summed E-state index contributed by atoms with van der Waals surface area (Å²) in [7, 11) is 3.65. The molecule has 0 fully saturated rings. The Hall–Kier alpha value is -1.87. The second-order valence-electron chi connectivity index (χ2n) is 4.23. The van der Waals surface area contributed by atoms with Crippen LogP contribution < -0.4 is 10.1 Å². The van der Waals surface area contributed by atoms with Gasteiger partial charge in [0, 0.05) is 12.4 Å². The number of benzene rings is 1.